The Hall–Kier alpha value is -0.650. The highest BCUT2D eigenvalue weighted by Crippen LogP contribution is 2.30. The lowest BCUT2D eigenvalue weighted by Crippen LogP contribution is -2.48. The molecular weight excluding hydrogens is 256 g/mol. The van der Waals surface area contributed by atoms with E-state index in [-0.39, 0.29) is 18.1 Å². The number of amides is 1. The number of methoxy groups -OCH3 is 1. The first-order chi connectivity index (χ1) is 9.58. The molecule has 0 aromatic rings. The summed E-state index contributed by atoms with van der Waals surface area (Å²) in [7, 11) is 3.76. The van der Waals surface area contributed by atoms with Crippen LogP contribution in [-0.4, -0.2) is 74.9 Å². The fourth-order valence-electron chi connectivity index (χ4n) is 2.57. The van der Waals surface area contributed by atoms with Gasteiger partial charge >= 0.3 is 0 Å². The van der Waals surface area contributed by atoms with E-state index in [4.69, 9.17) is 9.47 Å². The summed E-state index contributed by atoms with van der Waals surface area (Å²) >= 11 is 0. The molecule has 1 amide bonds. The zero-order valence-corrected chi connectivity index (χ0v) is 13.0. The van der Waals surface area contributed by atoms with Crippen LogP contribution in [0.25, 0.3) is 0 Å². The highest BCUT2D eigenvalue weighted by atomic mass is 16.5. The third-order valence-electron chi connectivity index (χ3n) is 4.16. The van der Waals surface area contributed by atoms with Crippen molar-refractivity contribution in [2.45, 2.75) is 38.4 Å². The van der Waals surface area contributed by atoms with Gasteiger partial charge in [0.15, 0.2) is 0 Å². The summed E-state index contributed by atoms with van der Waals surface area (Å²) in [5, 5.41) is 0. The molecule has 2 fully saturated rings. The minimum Gasteiger partial charge on any atom is -0.381 e. The van der Waals surface area contributed by atoms with Crippen LogP contribution in [0.2, 0.25) is 0 Å². The molecule has 0 radical (unpaired) electrons. The van der Waals surface area contributed by atoms with Gasteiger partial charge in [-0.25, -0.2) is 0 Å². The maximum Gasteiger partial charge on any atom is 0.225 e. The van der Waals surface area contributed by atoms with E-state index in [9.17, 15) is 4.79 Å². The smallest absolute Gasteiger partial charge is 0.225 e. The number of ether oxygens (including phenoxy) is 2. The Kier molecular flexibility index (Phi) is 5.81. The maximum absolute atomic E-state index is 12.4. The summed E-state index contributed by atoms with van der Waals surface area (Å²) in [5.74, 6) is 0.904. The summed E-state index contributed by atoms with van der Waals surface area (Å²) in [6.07, 6.45) is 3.11. The zero-order valence-electron chi connectivity index (χ0n) is 13.0. The summed E-state index contributed by atoms with van der Waals surface area (Å²) < 4.78 is 11.0. The molecule has 0 N–H and O–H groups in total. The molecule has 2 aliphatic rings. The van der Waals surface area contributed by atoms with Gasteiger partial charge in [0.1, 0.15) is 0 Å². The second-order valence-corrected chi connectivity index (χ2v) is 6.25. The molecule has 0 bridgehead atoms. The van der Waals surface area contributed by atoms with E-state index in [1.54, 1.807) is 7.11 Å². The van der Waals surface area contributed by atoms with Gasteiger partial charge in [-0.1, -0.05) is 0 Å². The van der Waals surface area contributed by atoms with Crippen LogP contribution < -0.4 is 0 Å². The van der Waals surface area contributed by atoms with Gasteiger partial charge < -0.3 is 19.3 Å². The second-order valence-electron chi connectivity index (χ2n) is 6.25. The first-order valence-electron chi connectivity index (χ1n) is 7.69. The Labute approximate surface area is 122 Å². The third-order valence-corrected chi connectivity index (χ3v) is 4.16. The predicted octanol–water partition coefficient (Wildman–Crippen LogP) is 0.981. The average Bonchev–Trinajstić information content (AvgIpc) is 3.22. The lowest BCUT2D eigenvalue weighted by Gasteiger charge is -2.34. The molecule has 5 nitrogen and oxygen atoms in total. The van der Waals surface area contributed by atoms with Crippen LogP contribution in [0.1, 0.15) is 26.2 Å². The van der Waals surface area contributed by atoms with Gasteiger partial charge in [0.2, 0.25) is 5.91 Å². The summed E-state index contributed by atoms with van der Waals surface area (Å²) in [4.78, 5) is 16.7. The quantitative estimate of drug-likeness (QED) is 0.699. The van der Waals surface area contributed by atoms with Crippen LogP contribution in [0.15, 0.2) is 0 Å². The lowest BCUT2D eigenvalue weighted by molar-refractivity contribution is -0.137. The van der Waals surface area contributed by atoms with E-state index in [0.717, 1.165) is 32.8 Å². The molecular formula is C15H28N2O3. The number of likely N-dealkylation sites (N-methyl/N-ethyl adjacent to an activating group) is 1. The molecule has 1 aliphatic carbocycles. The molecule has 1 saturated heterocycles. The zero-order chi connectivity index (χ0) is 14.5. The molecule has 0 aromatic heterocycles. The molecule has 1 saturated carbocycles. The lowest BCUT2D eigenvalue weighted by atomic mass is 10.2. The number of morpholine rings is 1. The predicted molar refractivity (Wildman–Crippen MR) is 77.6 cm³/mol. The van der Waals surface area contributed by atoms with Crippen LogP contribution in [0, 0.1) is 5.92 Å². The van der Waals surface area contributed by atoms with E-state index in [1.807, 2.05) is 11.8 Å². The van der Waals surface area contributed by atoms with Gasteiger partial charge in [-0.15, -0.1) is 0 Å². The van der Waals surface area contributed by atoms with Gasteiger partial charge in [0.25, 0.3) is 0 Å². The molecule has 1 heterocycles. The minimum atomic E-state index is -0.0147. The number of hydrogen-bond donors (Lipinski definition) is 0. The van der Waals surface area contributed by atoms with Gasteiger partial charge in [0, 0.05) is 33.3 Å². The molecule has 0 unspecified atom stereocenters. The maximum atomic E-state index is 12.4. The van der Waals surface area contributed by atoms with E-state index in [1.165, 1.54) is 12.8 Å². The number of carbonyl (C=O) groups is 1. The largest absolute Gasteiger partial charge is 0.381 e. The first-order valence-corrected chi connectivity index (χ1v) is 7.69. The molecule has 116 valence electrons. The van der Waals surface area contributed by atoms with Gasteiger partial charge in [0.05, 0.1) is 25.2 Å². The van der Waals surface area contributed by atoms with Crippen LogP contribution >= 0.6 is 0 Å². The molecule has 0 spiro atoms. The number of rotatable bonds is 7. The minimum absolute atomic E-state index is 0.0147. The van der Waals surface area contributed by atoms with Crippen LogP contribution in [-0.2, 0) is 14.3 Å². The van der Waals surface area contributed by atoms with Crippen LogP contribution in [0.4, 0.5) is 0 Å². The van der Waals surface area contributed by atoms with E-state index in [0.29, 0.717) is 12.3 Å². The van der Waals surface area contributed by atoms with Gasteiger partial charge in [-0.2, -0.15) is 0 Å². The normalized spacial score (nSPS) is 25.4. The highest BCUT2D eigenvalue weighted by molar-refractivity contribution is 5.76. The van der Waals surface area contributed by atoms with Crippen molar-refractivity contribution in [3.05, 3.63) is 0 Å². The molecule has 20 heavy (non-hydrogen) atoms. The van der Waals surface area contributed by atoms with E-state index in [2.05, 4.69) is 11.9 Å². The van der Waals surface area contributed by atoms with Crippen LogP contribution in [0.5, 0.6) is 0 Å². The Bertz CT molecular complexity index is 320. The number of nitrogens with zero attached hydrogens (tertiary/aromatic N) is 2. The second kappa shape index (κ2) is 7.38. The fourth-order valence-corrected chi connectivity index (χ4v) is 2.57. The average molecular weight is 284 g/mol. The number of carbonyl (C=O) groups excluding carboxylic acids is 1. The van der Waals surface area contributed by atoms with Crippen molar-refractivity contribution in [2.75, 3.05) is 46.9 Å². The first kappa shape index (κ1) is 15.7. The van der Waals surface area contributed by atoms with Crippen molar-refractivity contribution in [3.63, 3.8) is 0 Å². The number of hydrogen-bond acceptors (Lipinski definition) is 4. The van der Waals surface area contributed by atoms with E-state index < -0.39 is 0 Å². The van der Waals surface area contributed by atoms with Crippen molar-refractivity contribution >= 4 is 5.91 Å². The van der Waals surface area contributed by atoms with Crippen molar-refractivity contribution in [2.24, 2.45) is 5.92 Å². The monoisotopic (exact) mass is 284 g/mol. The van der Waals surface area contributed by atoms with Crippen molar-refractivity contribution in [1.29, 1.82) is 0 Å². The molecule has 1 aliphatic heterocycles. The highest BCUT2D eigenvalue weighted by Gasteiger charge is 2.30. The Balaban J connectivity index is 1.86. The third kappa shape index (κ3) is 5.04. The Morgan fingerprint density at radius 3 is 2.80 bits per heavy atom. The van der Waals surface area contributed by atoms with E-state index >= 15 is 0 Å². The molecule has 2 atom stereocenters. The Morgan fingerprint density at radius 1 is 1.45 bits per heavy atom. The molecule has 0 aromatic carbocycles. The molecule has 2 rings (SSSR count). The van der Waals surface area contributed by atoms with Crippen LogP contribution in [0.3, 0.4) is 0 Å². The fraction of sp³-hybridized carbons (Fsp3) is 0.933. The van der Waals surface area contributed by atoms with Crippen molar-refractivity contribution < 1.29 is 14.3 Å². The molecule has 5 heteroatoms. The summed E-state index contributed by atoms with van der Waals surface area (Å²) in [6.45, 7) is 6.20. The Morgan fingerprint density at radius 2 is 2.20 bits per heavy atom. The summed E-state index contributed by atoms with van der Waals surface area (Å²) in [6, 6.07) is 0. The van der Waals surface area contributed by atoms with Gasteiger partial charge in [-0.3, -0.25) is 4.79 Å². The van der Waals surface area contributed by atoms with Gasteiger partial charge in [-0.05, 0) is 32.7 Å². The summed E-state index contributed by atoms with van der Waals surface area (Å²) in [5.41, 5.74) is 0. The van der Waals surface area contributed by atoms with Crippen molar-refractivity contribution in [1.82, 2.24) is 9.80 Å². The SMILES string of the molecule is CO[C@@H](C)CC(=O)N(CC1CC1)C[C@@H]1CN(C)CCO1. The van der Waals surface area contributed by atoms with Crippen molar-refractivity contribution in [3.8, 4) is 0 Å². The standard InChI is InChI=1S/C15H28N2O3/c1-12(19-3)8-15(18)17(9-13-4-5-13)11-14-10-16(2)6-7-20-14/h12-14H,4-11H2,1-3H3/t12-,14-/m0/s1. The topological polar surface area (TPSA) is 42.0 Å².